The Morgan fingerprint density at radius 1 is 1.10 bits per heavy atom. The average Bonchev–Trinajstić information content (AvgIpc) is 3.26. The third-order valence-corrected chi connectivity index (χ3v) is 19.4. The van der Waals surface area contributed by atoms with Gasteiger partial charge in [0.2, 0.25) is 0 Å². The fourth-order valence-electron chi connectivity index (χ4n) is 5.71. The average molecular weight is 605 g/mol. The van der Waals surface area contributed by atoms with Gasteiger partial charge in [-0.05, 0) is 53.7 Å². The lowest BCUT2D eigenvalue weighted by Gasteiger charge is -2.42. The van der Waals surface area contributed by atoms with Crippen LogP contribution in [0.15, 0.2) is 36.1 Å². The number of allylic oxidation sites excluding steroid dienone is 2. The van der Waals surface area contributed by atoms with Gasteiger partial charge < -0.3 is 18.5 Å². The van der Waals surface area contributed by atoms with Crippen molar-refractivity contribution in [2.24, 2.45) is 0 Å². The Bertz CT molecular complexity index is 1150. The number of carbonyl (C=O) groups excluding carboxylic acids is 1. The molecule has 1 amide bonds. The molecule has 0 saturated carbocycles. The van der Waals surface area contributed by atoms with Crippen molar-refractivity contribution in [3.05, 3.63) is 51.7 Å². The normalized spacial score (nSPS) is 16.7. The van der Waals surface area contributed by atoms with Crippen molar-refractivity contribution in [3.8, 4) is 11.5 Å². The quantitative estimate of drug-likeness (QED) is 0.134. The van der Waals surface area contributed by atoms with Gasteiger partial charge in [-0.2, -0.15) is 0 Å². The van der Waals surface area contributed by atoms with E-state index in [-0.39, 0.29) is 39.0 Å². The molecule has 10 heteroatoms. The first-order valence-corrected chi connectivity index (χ1v) is 19.7. The zero-order valence-electron chi connectivity index (χ0n) is 27.5. The largest absolute Gasteiger partial charge is 0.540 e. The standard InChI is InChI=1S/C31H52N2O6Si2/c1-14-15-24-16-25(20-38-40(12,13)31(8,9)10)32(19-24)30(34)26-17-28(37-11)29(18-27(26)33(35)36)39-41(21(2)3,22(4)5)23(6)7/h14-15,17-19,21-23,25H,16,20H2,1-13H3/b15-14+/t25-/m0/s1. The fourth-order valence-corrected chi connectivity index (χ4v) is 12.0. The lowest BCUT2D eigenvalue weighted by molar-refractivity contribution is -0.385. The molecular weight excluding hydrogens is 553 g/mol. The van der Waals surface area contributed by atoms with E-state index in [4.69, 9.17) is 13.6 Å². The summed E-state index contributed by atoms with van der Waals surface area (Å²) in [5, 5.41) is 12.4. The monoisotopic (exact) mass is 604 g/mol. The molecule has 0 aromatic heterocycles. The molecule has 1 heterocycles. The second-order valence-corrected chi connectivity index (χ2v) is 23.7. The molecule has 0 unspecified atom stereocenters. The van der Waals surface area contributed by atoms with Crippen molar-refractivity contribution >= 4 is 28.2 Å². The van der Waals surface area contributed by atoms with E-state index in [9.17, 15) is 14.9 Å². The van der Waals surface area contributed by atoms with Crippen molar-refractivity contribution in [3.63, 3.8) is 0 Å². The van der Waals surface area contributed by atoms with Gasteiger partial charge in [-0.25, -0.2) is 0 Å². The van der Waals surface area contributed by atoms with Crippen LogP contribution in [0.4, 0.5) is 5.69 Å². The number of carbonyl (C=O) groups is 1. The first-order valence-electron chi connectivity index (χ1n) is 14.7. The number of hydrogen-bond donors (Lipinski definition) is 0. The summed E-state index contributed by atoms with van der Waals surface area (Å²) in [5.74, 6) is 0.191. The molecule has 0 spiro atoms. The molecule has 1 aromatic rings. The number of amides is 1. The molecule has 1 atom stereocenters. The predicted octanol–water partition coefficient (Wildman–Crippen LogP) is 8.85. The molecule has 230 valence electrons. The smallest absolute Gasteiger partial charge is 0.286 e. The third kappa shape index (κ3) is 7.32. The van der Waals surface area contributed by atoms with Gasteiger partial charge in [0.15, 0.2) is 19.8 Å². The highest BCUT2D eigenvalue weighted by Crippen LogP contribution is 2.46. The van der Waals surface area contributed by atoms with E-state index in [1.165, 1.54) is 19.2 Å². The summed E-state index contributed by atoms with van der Waals surface area (Å²) in [4.78, 5) is 27.5. The Hall–Kier alpha value is -2.44. The molecule has 0 N–H and O–H groups in total. The maximum Gasteiger partial charge on any atom is 0.286 e. The zero-order valence-corrected chi connectivity index (χ0v) is 29.5. The highest BCUT2D eigenvalue weighted by atomic mass is 28.4. The Balaban J connectivity index is 2.61. The molecule has 0 aliphatic carbocycles. The second-order valence-electron chi connectivity index (χ2n) is 13.5. The number of nitro benzene ring substituents is 1. The van der Waals surface area contributed by atoms with E-state index < -0.39 is 27.5 Å². The minimum Gasteiger partial charge on any atom is -0.540 e. The Morgan fingerprint density at radius 2 is 1.66 bits per heavy atom. The Kier molecular flexibility index (Phi) is 11.2. The van der Waals surface area contributed by atoms with Crippen LogP contribution in [0.5, 0.6) is 11.5 Å². The van der Waals surface area contributed by atoms with Crippen LogP contribution in [-0.4, -0.2) is 52.1 Å². The number of benzene rings is 1. The highest BCUT2D eigenvalue weighted by Gasteiger charge is 2.48. The Labute approximate surface area is 249 Å². The van der Waals surface area contributed by atoms with E-state index in [2.05, 4.69) is 75.4 Å². The number of rotatable bonds is 12. The molecule has 2 rings (SSSR count). The number of nitro groups is 1. The number of ether oxygens (including phenoxy) is 1. The Morgan fingerprint density at radius 3 is 2.10 bits per heavy atom. The second kappa shape index (κ2) is 13.3. The van der Waals surface area contributed by atoms with Crippen molar-refractivity contribution in [1.82, 2.24) is 4.90 Å². The SMILES string of the molecule is C/C=C/C1=CN(C(=O)c2cc(OC)c(O[Si](C(C)C)(C(C)C)C(C)C)cc2[N+](=O)[O-])[C@H](CO[Si](C)(C)C(C)(C)C)C1. The molecule has 0 radical (unpaired) electrons. The third-order valence-electron chi connectivity index (χ3n) is 8.93. The summed E-state index contributed by atoms with van der Waals surface area (Å²) in [6.45, 7) is 26.1. The number of methoxy groups -OCH3 is 1. The lowest BCUT2D eigenvalue weighted by atomic mass is 10.1. The molecule has 41 heavy (non-hydrogen) atoms. The van der Waals surface area contributed by atoms with Gasteiger partial charge in [0.1, 0.15) is 5.56 Å². The van der Waals surface area contributed by atoms with Crippen LogP contribution in [-0.2, 0) is 4.43 Å². The van der Waals surface area contributed by atoms with Crippen molar-refractivity contribution in [1.29, 1.82) is 0 Å². The molecule has 0 bridgehead atoms. The summed E-state index contributed by atoms with van der Waals surface area (Å²) in [5.41, 5.74) is 1.43. The van der Waals surface area contributed by atoms with Gasteiger partial charge in [-0.3, -0.25) is 14.9 Å². The molecular formula is C31H52N2O6Si2. The van der Waals surface area contributed by atoms with Crippen LogP contribution < -0.4 is 9.16 Å². The van der Waals surface area contributed by atoms with Crippen LogP contribution in [0.2, 0.25) is 34.8 Å². The fraction of sp³-hybridized carbons (Fsp3) is 0.645. The van der Waals surface area contributed by atoms with Gasteiger partial charge in [0, 0.05) is 12.3 Å². The van der Waals surface area contributed by atoms with Crippen molar-refractivity contribution in [2.75, 3.05) is 13.7 Å². The molecule has 8 nitrogen and oxygen atoms in total. The summed E-state index contributed by atoms with van der Waals surface area (Å²) in [6.07, 6.45) is 6.29. The van der Waals surface area contributed by atoms with E-state index in [1.54, 1.807) is 11.1 Å². The molecule has 0 fully saturated rings. The summed E-state index contributed by atoms with van der Waals surface area (Å²) in [7, 11) is -3.02. The number of nitrogens with zero attached hydrogens (tertiary/aromatic N) is 2. The summed E-state index contributed by atoms with van der Waals surface area (Å²) in [6, 6.07) is 2.59. The van der Waals surface area contributed by atoms with E-state index in [1.807, 2.05) is 19.1 Å². The van der Waals surface area contributed by atoms with Crippen LogP contribution >= 0.6 is 0 Å². The summed E-state index contributed by atoms with van der Waals surface area (Å²) >= 11 is 0. The zero-order chi connectivity index (χ0) is 31.5. The lowest BCUT2D eigenvalue weighted by Crippen LogP contribution is -2.50. The van der Waals surface area contributed by atoms with Crippen molar-refractivity contribution in [2.45, 2.75) is 116 Å². The van der Waals surface area contributed by atoms with Crippen LogP contribution in [0, 0.1) is 10.1 Å². The minimum absolute atomic E-state index is 0.0164. The van der Waals surface area contributed by atoms with E-state index in [0.29, 0.717) is 24.5 Å². The maximum absolute atomic E-state index is 14.1. The molecule has 0 saturated heterocycles. The van der Waals surface area contributed by atoms with E-state index >= 15 is 0 Å². The van der Waals surface area contributed by atoms with Gasteiger partial charge in [0.05, 0.1) is 30.7 Å². The van der Waals surface area contributed by atoms with Crippen molar-refractivity contribution < 1.29 is 23.3 Å². The summed E-state index contributed by atoms with van der Waals surface area (Å²) < 4.78 is 19.0. The predicted molar refractivity (Wildman–Crippen MR) is 172 cm³/mol. The van der Waals surface area contributed by atoms with Gasteiger partial charge in [-0.1, -0.05) is 74.5 Å². The van der Waals surface area contributed by atoms with Crippen LogP contribution in [0.3, 0.4) is 0 Å². The van der Waals surface area contributed by atoms with Gasteiger partial charge in [0.25, 0.3) is 19.9 Å². The topological polar surface area (TPSA) is 91.1 Å². The molecule has 1 aromatic carbocycles. The van der Waals surface area contributed by atoms with Crippen LogP contribution in [0.25, 0.3) is 0 Å². The van der Waals surface area contributed by atoms with Gasteiger partial charge >= 0.3 is 0 Å². The van der Waals surface area contributed by atoms with Crippen LogP contribution in [0.1, 0.15) is 86.0 Å². The molecule has 1 aliphatic heterocycles. The first kappa shape index (κ1) is 34.8. The molecule has 1 aliphatic rings. The highest BCUT2D eigenvalue weighted by molar-refractivity contribution is 6.78. The maximum atomic E-state index is 14.1. The van der Waals surface area contributed by atoms with Gasteiger partial charge in [-0.15, -0.1) is 0 Å². The minimum atomic E-state index is -2.45. The number of hydrogen-bond acceptors (Lipinski definition) is 6. The first-order chi connectivity index (χ1) is 18.8. The van der Waals surface area contributed by atoms with E-state index in [0.717, 1.165) is 5.57 Å².